The molecule has 0 fully saturated rings. The molecule has 3 aromatic rings. The van der Waals surface area contributed by atoms with Crippen molar-refractivity contribution in [1.82, 2.24) is 14.6 Å². The maximum atomic E-state index is 13.1. The minimum absolute atomic E-state index is 0.337. The number of benzene rings is 1. The zero-order valence-electron chi connectivity index (χ0n) is 18.9. The molecule has 0 unspecified atom stereocenters. The van der Waals surface area contributed by atoms with E-state index in [0.29, 0.717) is 24.4 Å². The van der Waals surface area contributed by atoms with Gasteiger partial charge in [-0.25, -0.2) is 9.50 Å². The molecule has 0 spiro atoms. The summed E-state index contributed by atoms with van der Waals surface area (Å²) in [6.45, 7) is 4.23. The Labute approximate surface area is 183 Å². The predicted molar refractivity (Wildman–Crippen MR) is 121 cm³/mol. The molecule has 0 saturated carbocycles. The topological polar surface area (TPSA) is 91.7 Å². The molecule has 31 heavy (non-hydrogen) atoms. The molecule has 2 aromatic heterocycles. The normalized spacial score (nSPS) is 11.6. The van der Waals surface area contributed by atoms with Crippen molar-refractivity contribution < 1.29 is 14.3 Å². The molecule has 166 valence electrons. The third-order valence-corrected chi connectivity index (χ3v) is 5.86. The van der Waals surface area contributed by atoms with E-state index in [1.54, 1.807) is 24.8 Å². The summed E-state index contributed by atoms with van der Waals surface area (Å²) in [5.41, 5.74) is 8.26. The monoisotopic (exact) mass is 424 g/mol. The van der Waals surface area contributed by atoms with Crippen molar-refractivity contribution in [3.63, 3.8) is 0 Å². The minimum atomic E-state index is -0.875. The van der Waals surface area contributed by atoms with E-state index < -0.39 is 5.41 Å². The van der Waals surface area contributed by atoms with E-state index in [1.165, 1.54) is 0 Å². The molecule has 0 aliphatic rings. The number of nitrogens with two attached hydrogens (primary N) is 1. The molecule has 0 aliphatic heterocycles. The average molecular weight is 425 g/mol. The van der Waals surface area contributed by atoms with Gasteiger partial charge in [0.05, 0.1) is 31.0 Å². The first-order valence-corrected chi connectivity index (χ1v) is 10.9. The van der Waals surface area contributed by atoms with Crippen molar-refractivity contribution in [3.05, 3.63) is 42.1 Å². The van der Waals surface area contributed by atoms with E-state index in [1.807, 2.05) is 30.3 Å². The van der Waals surface area contributed by atoms with Crippen molar-refractivity contribution in [2.75, 3.05) is 14.2 Å². The van der Waals surface area contributed by atoms with E-state index in [0.717, 1.165) is 48.4 Å². The van der Waals surface area contributed by atoms with Gasteiger partial charge in [-0.2, -0.15) is 0 Å². The molecular formula is C24H32N4O3. The Balaban J connectivity index is 2.34. The molecule has 3 rings (SSSR count). The predicted octanol–water partition coefficient (Wildman–Crippen LogP) is 4.52. The summed E-state index contributed by atoms with van der Waals surface area (Å²) in [7, 11) is 3.21. The Kier molecular flexibility index (Phi) is 7.15. The number of nitrogens with zero attached hydrogens (tertiary/aromatic N) is 3. The highest BCUT2D eigenvalue weighted by atomic mass is 16.5. The van der Waals surface area contributed by atoms with Crippen LogP contribution in [0.2, 0.25) is 0 Å². The summed E-state index contributed by atoms with van der Waals surface area (Å²) in [6, 6.07) is 11.3. The zero-order valence-corrected chi connectivity index (χ0v) is 18.9. The van der Waals surface area contributed by atoms with Crippen LogP contribution in [0.5, 0.6) is 11.6 Å². The van der Waals surface area contributed by atoms with Crippen LogP contribution in [0.3, 0.4) is 0 Å². The highest BCUT2D eigenvalue weighted by Gasteiger charge is 2.43. The number of aromatic nitrogens is 3. The highest BCUT2D eigenvalue weighted by molar-refractivity contribution is 5.89. The Bertz CT molecular complexity index is 1020. The summed E-state index contributed by atoms with van der Waals surface area (Å²) < 4.78 is 12.4. The van der Waals surface area contributed by atoms with Gasteiger partial charge in [-0.05, 0) is 43.2 Å². The number of ether oxygens (including phenoxy) is 2. The Hall–Kier alpha value is -3.09. The van der Waals surface area contributed by atoms with Crippen LogP contribution >= 0.6 is 0 Å². The zero-order chi connectivity index (χ0) is 22.4. The molecule has 1 amide bonds. The number of primary amides is 1. The average Bonchev–Trinajstić information content (AvgIpc) is 3.18. The summed E-state index contributed by atoms with van der Waals surface area (Å²) in [6.07, 6.45) is 4.99. The lowest BCUT2D eigenvalue weighted by Gasteiger charge is -2.31. The molecule has 2 heterocycles. The quantitative estimate of drug-likeness (QED) is 0.489. The summed E-state index contributed by atoms with van der Waals surface area (Å²) in [5.74, 6) is 0.874. The van der Waals surface area contributed by atoms with E-state index in [2.05, 4.69) is 18.9 Å². The standard InChI is InChI=1S/C24H32N4O3/c1-5-7-15-24(23(25)29,16-8-6-2)22-21(17-9-11-18(30-3)12-10-17)26-19-13-14-20(31-4)27-28(19)22/h9-14H,5-8,15-16H2,1-4H3,(H2,25,29). The van der Waals surface area contributed by atoms with Gasteiger partial charge in [-0.3, -0.25) is 4.79 Å². The van der Waals surface area contributed by atoms with Gasteiger partial charge < -0.3 is 15.2 Å². The number of hydrogen-bond donors (Lipinski definition) is 1. The highest BCUT2D eigenvalue weighted by Crippen LogP contribution is 2.41. The van der Waals surface area contributed by atoms with Crippen LogP contribution in [-0.2, 0) is 10.2 Å². The SMILES string of the molecule is CCCCC(CCCC)(C(N)=O)c1c(-c2ccc(OC)cc2)nc2ccc(OC)nn12. The van der Waals surface area contributed by atoms with Gasteiger partial charge in [0, 0.05) is 11.6 Å². The van der Waals surface area contributed by atoms with Crippen molar-refractivity contribution in [1.29, 1.82) is 0 Å². The molecule has 7 heteroatoms. The number of amides is 1. The largest absolute Gasteiger partial charge is 0.497 e. The maximum Gasteiger partial charge on any atom is 0.231 e. The molecular weight excluding hydrogens is 392 g/mol. The van der Waals surface area contributed by atoms with Crippen LogP contribution in [-0.4, -0.2) is 34.7 Å². The first-order chi connectivity index (χ1) is 15.0. The van der Waals surface area contributed by atoms with Gasteiger partial charge in [0.1, 0.15) is 5.75 Å². The van der Waals surface area contributed by atoms with Gasteiger partial charge in [-0.1, -0.05) is 39.5 Å². The van der Waals surface area contributed by atoms with Crippen LogP contribution in [0.15, 0.2) is 36.4 Å². The number of fused-ring (bicyclic) bond motifs is 1. The molecule has 0 saturated heterocycles. The lowest BCUT2D eigenvalue weighted by atomic mass is 9.73. The molecule has 0 atom stereocenters. The van der Waals surface area contributed by atoms with Gasteiger partial charge in [-0.15, -0.1) is 5.10 Å². The maximum absolute atomic E-state index is 13.1. The lowest BCUT2D eigenvalue weighted by molar-refractivity contribution is -0.124. The number of carbonyl (C=O) groups excluding carboxylic acids is 1. The van der Waals surface area contributed by atoms with Crippen LogP contribution in [0, 0.1) is 0 Å². The first-order valence-electron chi connectivity index (χ1n) is 10.9. The molecule has 0 radical (unpaired) electrons. The molecule has 2 N–H and O–H groups in total. The second-order valence-corrected chi connectivity index (χ2v) is 7.84. The smallest absolute Gasteiger partial charge is 0.231 e. The van der Waals surface area contributed by atoms with Crippen LogP contribution < -0.4 is 15.2 Å². The third kappa shape index (κ3) is 4.36. The number of hydrogen-bond acceptors (Lipinski definition) is 5. The van der Waals surface area contributed by atoms with Gasteiger partial charge >= 0.3 is 0 Å². The van der Waals surface area contributed by atoms with Crippen molar-refractivity contribution in [2.24, 2.45) is 5.73 Å². The fraction of sp³-hybridized carbons (Fsp3) is 0.458. The van der Waals surface area contributed by atoms with E-state index >= 15 is 0 Å². The Morgan fingerprint density at radius 1 is 1.00 bits per heavy atom. The van der Waals surface area contributed by atoms with Gasteiger partial charge in [0.25, 0.3) is 0 Å². The Morgan fingerprint density at radius 2 is 1.65 bits per heavy atom. The fourth-order valence-electron chi connectivity index (χ4n) is 4.09. The summed E-state index contributed by atoms with van der Waals surface area (Å²) in [5, 5.41) is 4.64. The van der Waals surface area contributed by atoms with Gasteiger partial charge in [0.2, 0.25) is 11.8 Å². The number of imidazole rings is 1. The number of rotatable bonds is 11. The van der Waals surface area contributed by atoms with Gasteiger partial charge in [0.15, 0.2) is 5.65 Å². The lowest BCUT2D eigenvalue weighted by Crippen LogP contribution is -2.43. The summed E-state index contributed by atoms with van der Waals surface area (Å²) >= 11 is 0. The fourth-order valence-corrected chi connectivity index (χ4v) is 4.09. The molecule has 0 aliphatic carbocycles. The van der Waals surface area contributed by atoms with Crippen molar-refractivity contribution in [3.8, 4) is 22.9 Å². The van der Waals surface area contributed by atoms with E-state index in [-0.39, 0.29) is 5.91 Å². The number of unbranched alkanes of at least 4 members (excludes halogenated alkanes) is 2. The first kappa shape index (κ1) is 22.6. The number of methoxy groups -OCH3 is 2. The van der Waals surface area contributed by atoms with Crippen LogP contribution in [0.25, 0.3) is 16.9 Å². The van der Waals surface area contributed by atoms with E-state index in [9.17, 15) is 4.79 Å². The van der Waals surface area contributed by atoms with Crippen molar-refractivity contribution in [2.45, 2.75) is 57.8 Å². The molecule has 1 aromatic carbocycles. The number of carbonyl (C=O) groups is 1. The molecule has 0 bridgehead atoms. The summed E-state index contributed by atoms with van der Waals surface area (Å²) in [4.78, 5) is 18.0. The third-order valence-electron chi connectivity index (χ3n) is 5.86. The minimum Gasteiger partial charge on any atom is -0.497 e. The second-order valence-electron chi connectivity index (χ2n) is 7.84. The van der Waals surface area contributed by atoms with E-state index in [4.69, 9.17) is 20.2 Å². The van der Waals surface area contributed by atoms with Crippen LogP contribution in [0.4, 0.5) is 0 Å². The van der Waals surface area contributed by atoms with Crippen molar-refractivity contribution >= 4 is 11.6 Å². The second kappa shape index (κ2) is 9.81. The Morgan fingerprint density at radius 3 is 2.16 bits per heavy atom. The molecule has 7 nitrogen and oxygen atoms in total. The van der Waals surface area contributed by atoms with Crippen LogP contribution in [0.1, 0.15) is 58.1 Å².